The van der Waals surface area contributed by atoms with Crippen LogP contribution >= 0.6 is 27.4 Å². The maximum atomic E-state index is 9.96. The molecule has 8 aromatic rings. The van der Waals surface area contributed by atoms with Crippen LogP contribution in [0.15, 0.2) is 60.6 Å². The molecular formula is C68H122ClFN27NaO9P2. The van der Waals surface area contributed by atoms with Crippen LogP contribution in [0.5, 0.6) is 0 Å². The first-order valence-electron chi connectivity index (χ1n) is 35.2. The number of H-pyrrole nitrogens is 1. The number of aromatic nitrogens is 16. The van der Waals surface area contributed by atoms with E-state index in [9.17, 15) is 14.6 Å². The Labute approximate surface area is 675 Å². The number of aliphatic hydroxyl groups excluding tert-OH is 3. The van der Waals surface area contributed by atoms with Gasteiger partial charge in [-0.2, -0.15) is 0 Å². The van der Waals surface area contributed by atoms with Crippen molar-refractivity contribution in [1.29, 1.82) is 0 Å². The van der Waals surface area contributed by atoms with Gasteiger partial charge in [-0.15, -0.1) is 0 Å². The number of nitrogens with one attached hydrogen (secondary N) is 1. The number of anilines is 2. The number of nitrogen functional groups attached to an aromatic ring is 2. The van der Waals surface area contributed by atoms with E-state index in [1.165, 1.54) is 38.1 Å². The third kappa shape index (κ3) is 38.4. The second-order valence-corrected chi connectivity index (χ2v) is 28.0. The molecule has 0 spiro atoms. The van der Waals surface area contributed by atoms with E-state index in [4.69, 9.17) is 70.1 Å². The number of hydrogen-bond acceptors (Lipinski definition) is 28. The minimum atomic E-state index is -1.31. The first kappa shape index (κ1) is 102. The van der Waals surface area contributed by atoms with Crippen molar-refractivity contribution in [3.63, 3.8) is 0 Å². The van der Waals surface area contributed by atoms with E-state index in [0.29, 0.717) is 139 Å². The molecule has 9 rings (SSSR count). The Balaban J connectivity index is -0.00000128. The topological polar surface area (TPSA) is 406 Å². The Morgan fingerprint density at radius 3 is 1.45 bits per heavy atom. The third-order valence-corrected chi connectivity index (χ3v) is 18.8. The zero-order valence-corrected chi connectivity index (χ0v) is 71.5. The Morgan fingerprint density at radius 1 is 0.670 bits per heavy atom. The molecule has 0 bridgehead atoms. The average Bonchev–Trinajstić information content (AvgIpc) is 1.68. The SMILES string of the molecule is C.CC[C@@H](O)Cn1cnc2c(N)ncnc21.CC[C@@H](O)Cn1cnc2c(N=CN(C)C)ncnc21.CC[C@@H]1CO1.CO.COC(OC)N(C)C.Nc1ncnc2nc[nH]c12.[2H]CF.[C-]#[N+]CCOP(Cl)N(C(C)C)C(C)C.[C-]#[N+]CCOP(O[C@H](CC)Cn1cnc2c(N=CN(C)C)ncnc21)N(C(C)C)C(C)C.[H-].[Na+]. The van der Waals surface area contributed by atoms with E-state index in [-0.39, 0.29) is 63.0 Å². The molecule has 0 saturated carbocycles. The number of hydrogen-bond donors (Lipinski definition) is 6. The van der Waals surface area contributed by atoms with Crippen molar-refractivity contribution in [3.8, 4) is 0 Å². The van der Waals surface area contributed by atoms with Crippen LogP contribution in [0.3, 0.4) is 0 Å². The normalized spacial score (nSPS) is 13.6. The second-order valence-electron chi connectivity index (χ2n) is 24.5. The van der Waals surface area contributed by atoms with Crippen molar-refractivity contribution >= 4 is 108 Å². The van der Waals surface area contributed by atoms with Gasteiger partial charge in [0.05, 0.1) is 97.2 Å². The van der Waals surface area contributed by atoms with Crippen LogP contribution < -0.4 is 41.0 Å². The van der Waals surface area contributed by atoms with Crippen molar-refractivity contribution in [3.05, 3.63) is 73.5 Å². The van der Waals surface area contributed by atoms with E-state index in [0.717, 1.165) is 25.8 Å². The predicted molar refractivity (Wildman–Crippen MR) is 431 cm³/mol. The molecule has 1 fully saturated rings. The molecule has 41 heteroatoms. The summed E-state index contributed by atoms with van der Waals surface area (Å²) in [5.41, 5.74) is 16.4. The summed E-state index contributed by atoms with van der Waals surface area (Å²) in [5.74, 6) is 1.86. The molecule has 9 heterocycles. The van der Waals surface area contributed by atoms with Gasteiger partial charge in [-0.25, -0.2) is 92.3 Å². The fourth-order valence-corrected chi connectivity index (χ4v) is 13.1. The fourth-order valence-electron chi connectivity index (χ4n) is 8.94. The quantitative estimate of drug-likeness (QED) is 0.00359. The second kappa shape index (κ2) is 59.1. The molecule has 36 nitrogen and oxygen atoms in total. The van der Waals surface area contributed by atoms with E-state index < -0.39 is 35.5 Å². The van der Waals surface area contributed by atoms with E-state index in [2.05, 4.69) is 163 Å². The molecule has 2 unspecified atom stereocenters. The summed E-state index contributed by atoms with van der Waals surface area (Å²) in [7, 11) is 12.2. The fraction of sp³-hybridized carbons (Fsp3) is 0.647. The summed E-state index contributed by atoms with van der Waals surface area (Å²) in [5, 5.41) is 26.2. The molecule has 608 valence electrons. The van der Waals surface area contributed by atoms with Gasteiger partial charge in [-0.1, -0.05) is 35.1 Å². The number of aliphatic imine (C=N–C) groups is 2. The summed E-state index contributed by atoms with van der Waals surface area (Å²) in [4.78, 5) is 73.0. The van der Waals surface area contributed by atoms with Crippen LogP contribution in [0.1, 0.15) is 119 Å². The largest absolute Gasteiger partial charge is 1.00 e. The summed E-state index contributed by atoms with van der Waals surface area (Å²) in [6, 6.07) is 1.24. The van der Waals surface area contributed by atoms with Crippen LogP contribution in [0.2, 0.25) is 0 Å². The minimum Gasteiger partial charge on any atom is -1.00 e. The number of rotatable bonds is 31. The molecule has 1 aliphatic heterocycles. The van der Waals surface area contributed by atoms with Gasteiger partial charge in [0.25, 0.3) is 8.53 Å². The Morgan fingerprint density at radius 2 is 1.08 bits per heavy atom. The van der Waals surface area contributed by atoms with Crippen LogP contribution in [0.25, 0.3) is 54.3 Å². The molecule has 1 saturated heterocycles. The van der Waals surface area contributed by atoms with Crippen molar-refractivity contribution in [2.45, 2.75) is 191 Å². The first-order valence-corrected chi connectivity index (χ1v) is 37.8. The molecule has 109 heavy (non-hydrogen) atoms. The summed E-state index contributed by atoms with van der Waals surface area (Å²) < 4.78 is 58.0. The number of nitrogens with zero attached hydrogens (tertiary/aromatic N) is 24. The van der Waals surface area contributed by atoms with Gasteiger partial charge in [-0.3, -0.25) is 9.29 Å². The summed E-state index contributed by atoms with van der Waals surface area (Å²) in [6.45, 7) is 42.7. The summed E-state index contributed by atoms with van der Waals surface area (Å²) in [6.07, 6.45) is 18.6. The molecule has 0 radical (unpaired) electrons. The zero-order chi connectivity index (χ0) is 81.4. The molecule has 0 aliphatic carbocycles. The standard InChI is InChI=1S/C21H35N8O2P.C12H18N6O.C9H18ClN2OP.C9H13N5O.C5H5N5.C5H13NO2.C4H8O.CH3F.CH4O.CH4.Na.H/c1-9-18(31-32(30-11-10-22-6)29(16(2)3)17(4)5)12-28-15-25-19-20(26-14-27(7)8)23-13-24-21(19)28;1-4-9(19)5-18-8-15-10-11(16-7-17(2)3)13-6-14-12(10)18;1-8(2)12(9(3)4)14(10)13-7-6-11-5;1-2-6(15)3-14-5-13-7-8(10)11-4-12-9(7)14;6-4-3-5(9-1-7-3)10-2-8-4;1-6(2)5(7-3)8-4;1-2-4-3-5-4;2*1-2;;;/h13-18H,9-12H2,1-5,7-8H3;6-9,19H,4-5H2,1-3H3;8-9H,6-7H2,1-4H3;4-6,15H,2-3H2,1H3,(H2,10,11,12);1-2H,(H3,6,7,8,9,10);5H,1-4H3;4H,2-3H2,1H3;1H3;2H,1H3;1H4;;/q;;;;;;;;;;+1;-1/t18-,32?;9-;;6-;;;4-;;;;;/m11.1..1...../s1/i;;;;;;;1D;;;;. The molecular weight excluding hydrogens is 1480 g/mol. The van der Waals surface area contributed by atoms with Gasteiger partial charge < -0.3 is 94.2 Å². The van der Waals surface area contributed by atoms with E-state index in [1.54, 1.807) is 50.4 Å². The van der Waals surface area contributed by atoms with Gasteiger partial charge in [0, 0.05) is 73.7 Å². The Kier molecular flexibility index (Phi) is 55.5. The van der Waals surface area contributed by atoms with Crippen molar-refractivity contribution < 1.29 is 79.8 Å². The van der Waals surface area contributed by atoms with Crippen molar-refractivity contribution in [2.75, 3.05) is 115 Å². The summed E-state index contributed by atoms with van der Waals surface area (Å²) >= 11 is 6.14. The van der Waals surface area contributed by atoms with Crippen molar-refractivity contribution in [2.24, 2.45) is 9.98 Å². The molecule has 8 N–H and O–H groups in total. The minimum absolute atomic E-state index is 0. The number of fused-ring (bicyclic) bond motifs is 4. The number of imidazole rings is 4. The van der Waals surface area contributed by atoms with E-state index in [1.807, 2.05) is 80.0 Å². The number of aromatic amines is 1. The third-order valence-electron chi connectivity index (χ3n) is 14.1. The number of alkyl halides is 1. The van der Waals surface area contributed by atoms with Gasteiger partial charge in [-0.05, 0) is 106 Å². The number of ether oxygens (including phenoxy) is 3. The van der Waals surface area contributed by atoms with Crippen LogP contribution in [0, 0.1) is 13.1 Å². The van der Waals surface area contributed by atoms with Gasteiger partial charge in [0.15, 0.2) is 56.9 Å². The van der Waals surface area contributed by atoms with Crippen molar-refractivity contribution in [1.82, 2.24) is 103 Å². The van der Waals surface area contributed by atoms with E-state index >= 15 is 0 Å². The number of nitrogens with two attached hydrogens (primary N) is 2. The molecule has 8 aromatic heterocycles. The van der Waals surface area contributed by atoms with Crippen LogP contribution in [0.4, 0.5) is 27.7 Å². The monoisotopic (exact) mass is 1600 g/mol. The van der Waals surface area contributed by atoms with Crippen LogP contribution in [-0.4, -0.2) is 289 Å². The van der Waals surface area contributed by atoms with Gasteiger partial charge in [0.2, 0.25) is 27.2 Å². The van der Waals surface area contributed by atoms with Gasteiger partial charge >= 0.3 is 29.6 Å². The smallest absolute Gasteiger partial charge is 1.00 e. The Bertz CT molecular complexity index is 3820. The number of epoxide rings is 1. The number of aliphatic hydroxyl groups is 3. The molecule has 6 atom stereocenters. The number of methoxy groups -OCH3 is 2. The zero-order valence-electron chi connectivity index (χ0n) is 69.0. The van der Waals surface area contributed by atoms with Gasteiger partial charge in [0.1, 0.15) is 49.6 Å². The predicted octanol–water partition coefficient (Wildman–Crippen LogP) is 7.43. The first-order chi connectivity index (χ1) is 51.6. The molecule has 0 amide bonds. The molecule has 0 aromatic carbocycles. The molecule has 1 aliphatic rings. The maximum Gasteiger partial charge on any atom is 1.00 e. The average molecular weight is 1600 g/mol. The maximum absolute atomic E-state index is 9.96. The number of halogens is 2. The van der Waals surface area contributed by atoms with Crippen LogP contribution in [-0.2, 0) is 47.4 Å². The Hall–Kier alpha value is -6.68.